The molecule has 92 valence electrons. The maximum absolute atomic E-state index is 11.8. The van der Waals surface area contributed by atoms with Gasteiger partial charge in [-0.2, -0.15) is 0 Å². The van der Waals surface area contributed by atoms with E-state index in [0.29, 0.717) is 5.39 Å². The number of thioether (sulfide) groups is 1. The Morgan fingerprint density at radius 1 is 1.39 bits per heavy atom. The molecule has 0 bridgehead atoms. The Hall–Kier alpha value is -1.86. The van der Waals surface area contributed by atoms with Crippen molar-refractivity contribution in [3.8, 4) is 12.3 Å². The molecule has 2 aromatic rings. The molecule has 0 saturated heterocycles. The molecule has 1 aromatic heterocycles. The first kappa shape index (κ1) is 12.6. The van der Waals surface area contributed by atoms with Crippen LogP contribution in [0, 0.1) is 12.3 Å². The van der Waals surface area contributed by atoms with E-state index in [2.05, 4.69) is 16.2 Å². The molecular weight excluding hydrogens is 244 g/mol. The summed E-state index contributed by atoms with van der Waals surface area (Å²) in [5.41, 5.74) is -0.0631. The molecule has 3 nitrogen and oxygen atoms in total. The van der Waals surface area contributed by atoms with E-state index >= 15 is 0 Å². The molecule has 4 heteroatoms. The minimum atomic E-state index is -0.0631. The second kappa shape index (κ2) is 6.18. The third kappa shape index (κ3) is 3.08. The van der Waals surface area contributed by atoms with E-state index in [0.717, 1.165) is 29.3 Å². The SMILES string of the molecule is C#CCSCCNc1cc2ccccc2c(=O)[nH]1. The monoisotopic (exact) mass is 258 g/mol. The predicted octanol–water partition coefficient (Wildman–Crippen LogP) is 2.31. The highest BCUT2D eigenvalue weighted by atomic mass is 32.2. The number of aromatic nitrogens is 1. The summed E-state index contributed by atoms with van der Waals surface area (Å²) in [6.45, 7) is 0.778. The first-order valence-corrected chi connectivity index (χ1v) is 6.84. The van der Waals surface area contributed by atoms with Gasteiger partial charge in [0, 0.05) is 17.7 Å². The lowest BCUT2D eigenvalue weighted by Crippen LogP contribution is -2.12. The topological polar surface area (TPSA) is 44.9 Å². The molecule has 0 fully saturated rings. The van der Waals surface area contributed by atoms with Gasteiger partial charge in [0.15, 0.2) is 0 Å². The van der Waals surface area contributed by atoms with Gasteiger partial charge in [0.2, 0.25) is 0 Å². The normalized spacial score (nSPS) is 10.2. The van der Waals surface area contributed by atoms with Crippen LogP contribution in [0.3, 0.4) is 0 Å². The predicted molar refractivity (Wildman–Crippen MR) is 79.2 cm³/mol. The fourth-order valence-electron chi connectivity index (χ4n) is 1.70. The van der Waals surface area contributed by atoms with Gasteiger partial charge in [0.25, 0.3) is 5.56 Å². The van der Waals surface area contributed by atoms with E-state index in [9.17, 15) is 4.79 Å². The molecule has 1 aromatic carbocycles. The Bertz CT molecular complexity index is 627. The van der Waals surface area contributed by atoms with Gasteiger partial charge in [0.05, 0.1) is 5.75 Å². The van der Waals surface area contributed by atoms with E-state index in [4.69, 9.17) is 6.42 Å². The fraction of sp³-hybridized carbons (Fsp3) is 0.214. The van der Waals surface area contributed by atoms with Gasteiger partial charge < -0.3 is 10.3 Å². The number of benzene rings is 1. The summed E-state index contributed by atoms with van der Waals surface area (Å²) in [7, 11) is 0. The minimum absolute atomic E-state index is 0.0631. The van der Waals surface area contributed by atoms with Gasteiger partial charge >= 0.3 is 0 Å². The molecule has 18 heavy (non-hydrogen) atoms. The second-order valence-electron chi connectivity index (χ2n) is 3.78. The first-order chi connectivity index (χ1) is 8.81. The highest BCUT2D eigenvalue weighted by molar-refractivity contribution is 7.99. The van der Waals surface area contributed by atoms with E-state index in [1.165, 1.54) is 0 Å². The van der Waals surface area contributed by atoms with Gasteiger partial charge in [-0.15, -0.1) is 18.2 Å². The highest BCUT2D eigenvalue weighted by Gasteiger charge is 2.00. The van der Waals surface area contributed by atoms with Crippen LogP contribution in [0.25, 0.3) is 10.8 Å². The van der Waals surface area contributed by atoms with Crippen molar-refractivity contribution in [1.82, 2.24) is 4.98 Å². The molecule has 0 radical (unpaired) electrons. The second-order valence-corrected chi connectivity index (χ2v) is 4.89. The standard InChI is InChI=1S/C14H14N2OS/c1-2-8-18-9-7-15-13-10-11-5-3-4-6-12(11)14(17)16-13/h1,3-6,10H,7-9H2,(H2,15,16,17). The molecule has 0 unspecified atom stereocenters. The number of anilines is 1. The van der Waals surface area contributed by atoms with Crippen LogP contribution in [-0.4, -0.2) is 23.0 Å². The minimum Gasteiger partial charge on any atom is -0.371 e. The lowest BCUT2D eigenvalue weighted by atomic mass is 10.2. The number of H-pyrrole nitrogens is 1. The Morgan fingerprint density at radius 3 is 3.06 bits per heavy atom. The number of fused-ring (bicyclic) bond motifs is 1. The van der Waals surface area contributed by atoms with Crippen molar-refractivity contribution >= 4 is 28.4 Å². The summed E-state index contributed by atoms with van der Waals surface area (Å²) in [5.74, 6) is 4.96. The van der Waals surface area contributed by atoms with Crippen LogP contribution in [0.2, 0.25) is 0 Å². The summed E-state index contributed by atoms with van der Waals surface area (Å²) < 4.78 is 0. The molecule has 0 aliphatic carbocycles. The van der Waals surface area contributed by atoms with Gasteiger partial charge in [-0.3, -0.25) is 4.79 Å². The Balaban J connectivity index is 2.06. The molecule has 2 N–H and O–H groups in total. The molecule has 0 aliphatic rings. The Labute approximate surface area is 110 Å². The molecule has 0 atom stereocenters. The van der Waals surface area contributed by atoms with Gasteiger partial charge in [-0.05, 0) is 17.5 Å². The lowest BCUT2D eigenvalue weighted by molar-refractivity contribution is 1.16. The van der Waals surface area contributed by atoms with Crippen LogP contribution >= 0.6 is 11.8 Å². The molecule has 0 amide bonds. The number of nitrogens with one attached hydrogen (secondary N) is 2. The number of rotatable bonds is 5. The summed E-state index contributed by atoms with van der Waals surface area (Å²) in [4.78, 5) is 14.6. The molecule has 0 saturated carbocycles. The number of aromatic amines is 1. The van der Waals surface area contributed by atoms with E-state index in [1.807, 2.05) is 30.3 Å². The number of terminal acetylenes is 1. The maximum Gasteiger partial charge on any atom is 0.257 e. The zero-order valence-corrected chi connectivity index (χ0v) is 10.7. The lowest BCUT2D eigenvalue weighted by Gasteiger charge is -2.06. The molecule has 0 aliphatic heterocycles. The van der Waals surface area contributed by atoms with E-state index < -0.39 is 0 Å². The van der Waals surface area contributed by atoms with Crippen molar-refractivity contribution in [3.05, 3.63) is 40.7 Å². The van der Waals surface area contributed by atoms with E-state index in [-0.39, 0.29) is 5.56 Å². The van der Waals surface area contributed by atoms with Gasteiger partial charge in [-0.25, -0.2) is 0 Å². The average molecular weight is 258 g/mol. The average Bonchev–Trinajstić information content (AvgIpc) is 2.39. The van der Waals surface area contributed by atoms with Crippen LogP contribution in [0.5, 0.6) is 0 Å². The number of pyridine rings is 1. The largest absolute Gasteiger partial charge is 0.371 e. The summed E-state index contributed by atoms with van der Waals surface area (Å²) >= 11 is 1.69. The Morgan fingerprint density at radius 2 is 2.22 bits per heavy atom. The molecular formula is C14H14N2OS. The van der Waals surface area contributed by atoms with Crippen molar-refractivity contribution < 1.29 is 0 Å². The van der Waals surface area contributed by atoms with Crippen LogP contribution < -0.4 is 10.9 Å². The zero-order chi connectivity index (χ0) is 12.8. The smallest absolute Gasteiger partial charge is 0.257 e. The quantitative estimate of drug-likeness (QED) is 0.639. The van der Waals surface area contributed by atoms with Crippen LogP contribution in [-0.2, 0) is 0 Å². The third-order valence-corrected chi connectivity index (χ3v) is 3.36. The van der Waals surface area contributed by atoms with E-state index in [1.54, 1.807) is 11.8 Å². The molecule has 0 spiro atoms. The first-order valence-electron chi connectivity index (χ1n) is 5.68. The number of hydrogen-bond acceptors (Lipinski definition) is 3. The molecule has 2 rings (SSSR count). The van der Waals surface area contributed by atoms with Crippen molar-refractivity contribution in [3.63, 3.8) is 0 Å². The van der Waals surface area contributed by atoms with Gasteiger partial charge in [0.1, 0.15) is 5.82 Å². The van der Waals surface area contributed by atoms with Crippen molar-refractivity contribution in [2.75, 3.05) is 23.4 Å². The van der Waals surface area contributed by atoms with Crippen LogP contribution in [0.4, 0.5) is 5.82 Å². The Kier molecular flexibility index (Phi) is 4.32. The summed E-state index contributed by atoms with van der Waals surface area (Å²) in [6, 6.07) is 9.49. The van der Waals surface area contributed by atoms with Crippen LogP contribution in [0.1, 0.15) is 0 Å². The summed E-state index contributed by atoms with van der Waals surface area (Å²) in [5, 5.41) is 4.85. The highest BCUT2D eigenvalue weighted by Crippen LogP contribution is 2.12. The molecule has 1 heterocycles. The van der Waals surface area contributed by atoms with Crippen molar-refractivity contribution in [2.45, 2.75) is 0 Å². The van der Waals surface area contributed by atoms with Gasteiger partial charge in [-0.1, -0.05) is 24.1 Å². The van der Waals surface area contributed by atoms with Crippen LogP contribution in [0.15, 0.2) is 35.1 Å². The summed E-state index contributed by atoms with van der Waals surface area (Å²) in [6.07, 6.45) is 5.17. The maximum atomic E-state index is 11.8. The van der Waals surface area contributed by atoms with Crippen molar-refractivity contribution in [1.29, 1.82) is 0 Å². The zero-order valence-electron chi connectivity index (χ0n) is 9.90. The fourth-order valence-corrected chi connectivity index (χ4v) is 2.20. The van der Waals surface area contributed by atoms with Crippen molar-refractivity contribution in [2.24, 2.45) is 0 Å². The number of hydrogen-bond donors (Lipinski definition) is 2. The third-order valence-electron chi connectivity index (χ3n) is 2.50.